The number of para-hydroxylation sites is 1. The number of benzene rings is 2. The normalized spacial score (nSPS) is 10.7. The van der Waals surface area contributed by atoms with Crippen molar-refractivity contribution in [2.75, 3.05) is 0 Å². The summed E-state index contributed by atoms with van der Waals surface area (Å²) in [5.41, 5.74) is 1.42. The summed E-state index contributed by atoms with van der Waals surface area (Å²) in [6.45, 7) is 0.334. The minimum absolute atomic E-state index is 0.276. The number of halogens is 1. The highest BCUT2D eigenvalue weighted by atomic mass is 19.1. The first-order chi connectivity index (χ1) is 8.81. The Labute approximate surface area is 103 Å². The third-order valence-electron chi connectivity index (χ3n) is 2.61. The molecule has 0 radical (unpaired) electrons. The number of hydrogen-bond acceptors (Lipinski definition) is 2. The number of aromatic amines is 1. The maximum absolute atomic E-state index is 13.0. The molecule has 0 unspecified atom stereocenters. The molecule has 0 aliphatic rings. The summed E-state index contributed by atoms with van der Waals surface area (Å²) in [6, 6.07) is 14.0. The fourth-order valence-corrected chi connectivity index (χ4v) is 1.77. The molecule has 0 saturated carbocycles. The van der Waals surface area contributed by atoms with Crippen molar-refractivity contribution in [3.05, 3.63) is 60.2 Å². The van der Waals surface area contributed by atoms with Crippen molar-refractivity contribution in [2.24, 2.45) is 0 Å². The maximum Gasteiger partial charge on any atom is 0.146 e. The van der Waals surface area contributed by atoms with Gasteiger partial charge in [0.15, 0.2) is 0 Å². The van der Waals surface area contributed by atoms with Gasteiger partial charge in [-0.05, 0) is 30.3 Å². The van der Waals surface area contributed by atoms with Crippen molar-refractivity contribution in [3.8, 4) is 5.75 Å². The zero-order valence-electron chi connectivity index (χ0n) is 9.56. The third-order valence-corrected chi connectivity index (χ3v) is 2.61. The van der Waals surface area contributed by atoms with Gasteiger partial charge >= 0.3 is 0 Å². The van der Waals surface area contributed by atoms with E-state index in [0.29, 0.717) is 17.9 Å². The van der Waals surface area contributed by atoms with E-state index in [0.717, 1.165) is 11.3 Å². The molecule has 3 nitrogen and oxygen atoms in total. The van der Waals surface area contributed by atoms with Crippen LogP contribution < -0.4 is 4.74 Å². The zero-order chi connectivity index (χ0) is 12.4. The van der Waals surface area contributed by atoms with Crippen LogP contribution in [0.1, 0.15) is 5.82 Å². The molecule has 0 aliphatic carbocycles. The molecule has 1 aromatic heterocycles. The second-order valence-corrected chi connectivity index (χ2v) is 3.95. The van der Waals surface area contributed by atoms with Crippen LogP contribution in [0.3, 0.4) is 0 Å². The molecule has 1 heterocycles. The molecule has 0 saturated heterocycles. The monoisotopic (exact) mass is 242 g/mol. The Kier molecular flexibility index (Phi) is 2.68. The van der Waals surface area contributed by atoms with Crippen molar-refractivity contribution < 1.29 is 9.13 Å². The van der Waals surface area contributed by atoms with Crippen molar-refractivity contribution in [2.45, 2.75) is 6.61 Å². The Morgan fingerprint density at radius 3 is 2.78 bits per heavy atom. The number of H-pyrrole nitrogens is 1. The Morgan fingerprint density at radius 2 is 1.94 bits per heavy atom. The number of fused-ring (bicyclic) bond motifs is 1. The number of imidazole rings is 1. The summed E-state index contributed by atoms with van der Waals surface area (Å²) < 4.78 is 18.6. The Morgan fingerprint density at radius 1 is 1.11 bits per heavy atom. The van der Waals surface area contributed by atoms with Crippen LogP contribution >= 0.6 is 0 Å². The van der Waals surface area contributed by atoms with Crippen LogP contribution in [-0.2, 0) is 6.61 Å². The summed E-state index contributed by atoms with van der Waals surface area (Å²) in [5.74, 6) is 1.19. The van der Waals surface area contributed by atoms with E-state index in [-0.39, 0.29) is 5.82 Å². The van der Waals surface area contributed by atoms with Gasteiger partial charge in [0.2, 0.25) is 0 Å². The largest absolute Gasteiger partial charge is 0.486 e. The topological polar surface area (TPSA) is 37.9 Å². The fraction of sp³-hybridized carbons (Fsp3) is 0.0714. The molecule has 18 heavy (non-hydrogen) atoms. The lowest BCUT2D eigenvalue weighted by atomic mass is 10.3. The minimum atomic E-state index is -0.276. The molecule has 0 bridgehead atoms. The molecular weight excluding hydrogens is 231 g/mol. The molecule has 1 N–H and O–H groups in total. The number of aromatic nitrogens is 2. The molecule has 0 aliphatic heterocycles. The molecule has 0 spiro atoms. The predicted molar refractivity (Wildman–Crippen MR) is 66.8 cm³/mol. The lowest BCUT2D eigenvalue weighted by Crippen LogP contribution is -1.96. The molecular formula is C14H11FN2O. The maximum atomic E-state index is 13.0. The van der Waals surface area contributed by atoms with E-state index in [1.165, 1.54) is 12.1 Å². The number of hydrogen-bond donors (Lipinski definition) is 1. The number of rotatable bonds is 3. The highest BCUT2D eigenvalue weighted by Crippen LogP contribution is 2.15. The standard InChI is InChI=1S/C14H11FN2O/c15-10-6-7-12-13(8-10)17-14(16-12)9-18-11-4-2-1-3-5-11/h1-8H,9H2,(H,16,17). The van der Waals surface area contributed by atoms with Crippen LogP contribution in [0.2, 0.25) is 0 Å². The van der Waals surface area contributed by atoms with Crippen molar-refractivity contribution >= 4 is 11.0 Å². The number of nitrogens with one attached hydrogen (secondary N) is 1. The molecule has 3 aromatic rings. The van der Waals surface area contributed by atoms with Crippen LogP contribution in [-0.4, -0.2) is 9.97 Å². The van der Waals surface area contributed by atoms with Gasteiger partial charge in [-0.1, -0.05) is 18.2 Å². The molecule has 0 amide bonds. The van der Waals surface area contributed by atoms with E-state index >= 15 is 0 Å². The van der Waals surface area contributed by atoms with Gasteiger partial charge in [0.05, 0.1) is 11.0 Å². The highest BCUT2D eigenvalue weighted by Gasteiger charge is 2.04. The van der Waals surface area contributed by atoms with Crippen LogP contribution in [0.5, 0.6) is 5.75 Å². The summed E-state index contributed by atoms with van der Waals surface area (Å²) in [4.78, 5) is 7.35. The van der Waals surface area contributed by atoms with Gasteiger partial charge in [-0.3, -0.25) is 0 Å². The first-order valence-corrected chi connectivity index (χ1v) is 5.63. The van der Waals surface area contributed by atoms with Gasteiger partial charge < -0.3 is 9.72 Å². The fourth-order valence-electron chi connectivity index (χ4n) is 1.77. The molecule has 2 aromatic carbocycles. The summed E-state index contributed by atoms with van der Waals surface area (Å²) in [5, 5.41) is 0. The van der Waals surface area contributed by atoms with E-state index in [4.69, 9.17) is 4.74 Å². The van der Waals surface area contributed by atoms with Crippen LogP contribution in [0, 0.1) is 5.82 Å². The SMILES string of the molecule is Fc1ccc2nc(COc3ccccc3)[nH]c2c1. The van der Waals surface area contributed by atoms with Gasteiger partial charge in [0, 0.05) is 0 Å². The van der Waals surface area contributed by atoms with E-state index in [9.17, 15) is 4.39 Å². The lowest BCUT2D eigenvalue weighted by Gasteiger charge is -2.02. The van der Waals surface area contributed by atoms with Gasteiger partial charge in [-0.25, -0.2) is 9.37 Å². The van der Waals surface area contributed by atoms with Crippen LogP contribution in [0.15, 0.2) is 48.5 Å². The second-order valence-electron chi connectivity index (χ2n) is 3.95. The van der Waals surface area contributed by atoms with Crippen LogP contribution in [0.4, 0.5) is 4.39 Å². The Bertz CT molecular complexity index is 664. The van der Waals surface area contributed by atoms with Crippen LogP contribution in [0.25, 0.3) is 11.0 Å². The molecule has 0 fully saturated rings. The van der Waals surface area contributed by atoms with Gasteiger partial charge in [-0.15, -0.1) is 0 Å². The van der Waals surface area contributed by atoms with Crippen molar-refractivity contribution in [3.63, 3.8) is 0 Å². The molecule has 90 valence electrons. The summed E-state index contributed by atoms with van der Waals surface area (Å²) in [6.07, 6.45) is 0. The summed E-state index contributed by atoms with van der Waals surface area (Å²) in [7, 11) is 0. The molecule has 3 rings (SSSR count). The smallest absolute Gasteiger partial charge is 0.146 e. The van der Waals surface area contributed by atoms with Crippen molar-refractivity contribution in [1.82, 2.24) is 9.97 Å². The Balaban J connectivity index is 1.79. The number of ether oxygens (including phenoxy) is 1. The van der Waals surface area contributed by atoms with Gasteiger partial charge in [0.1, 0.15) is 24.0 Å². The minimum Gasteiger partial charge on any atom is -0.486 e. The highest BCUT2D eigenvalue weighted by molar-refractivity contribution is 5.74. The predicted octanol–water partition coefficient (Wildman–Crippen LogP) is 3.28. The lowest BCUT2D eigenvalue weighted by molar-refractivity contribution is 0.297. The Hall–Kier alpha value is -2.36. The molecule has 0 atom stereocenters. The van der Waals surface area contributed by atoms with Gasteiger partial charge in [0.25, 0.3) is 0 Å². The molecule has 4 heteroatoms. The van der Waals surface area contributed by atoms with E-state index < -0.39 is 0 Å². The van der Waals surface area contributed by atoms with Gasteiger partial charge in [-0.2, -0.15) is 0 Å². The first-order valence-electron chi connectivity index (χ1n) is 5.63. The van der Waals surface area contributed by atoms with E-state index in [2.05, 4.69) is 9.97 Å². The quantitative estimate of drug-likeness (QED) is 0.765. The van der Waals surface area contributed by atoms with E-state index in [1.54, 1.807) is 6.07 Å². The average molecular weight is 242 g/mol. The van der Waals surface area contributed by atoms with E-state index in [1.807, 2.05) is 30.3 Å². The van der Waals surface area contributed by atoms with Crippen molar-refractivity contribution in [1.29, 1.82) is 0 Å². The second kappa shape index (κ2) is 4.49. The first kappa shape index (κ1) is 10.8. The third kappa shape index (κ3) is 2.18. The zero-order valence-corrected chi connectivity index (χ0v) is 9.56. The number of nitrogens with zero attached hydrogens (tertiary/aromatic N) is 1. The average Bonchev–Trinajstić information content (AvgIpc) is 2.79. The summed E-state index contributed by atoms with van der Waals surface area (Å²) >= 11 is 0.